The van der Waals surface area contributed by atoms with Gasteiger partial charge in [-0.1, -0.05) is 78.5 Å². The molecule has 0 fully saturated rings. The smallest absolute Gasteiger partial charge is 0.131 e. The van der Waals surface area contributed by atoms with E-state index in [1.54, 1.807) is 0 Å². The van der Waals surface area contributed by atoms with Crippen molar-refractivity contribution >= 4 is 40.9 Å². The first-order valence-electron chi connectivity index (χ1n) is 19.8. The maximum absolute atomic E-state index is 10.6. The summed E-state index contributed by atoms with van der Waals surface area (Å²) in [5, 5.41) is 22.3. The van der Waals surface area contributed by atoms with Crippen LogP contribution in [0.4, 0.5) is 0 Å². The molecule has 0 spiro atoms. The minimum Gasteiger partial charge on any atom is -0.461 e. The number of benzene rings is 4. The summed E-state index contributed by atoms with van der Waals surface area (Å²) < 4.78 is 11.4. The molecule has 57 heavy (non-hydrogen) atoms. The van der Waals surface area contributed by atoms with E-state index in [0.717, 1.165) is 83.8 Å². The van der Waals surface area contributed by atoms with Gasteiger partial charge in [-0.3, -0.25) is 0 Å². The number of rotatable bonds is 3. The Morgan fingerprint density at radius 1 is 0.719 bits per heavy atom. The first kappa shape index (κ1) is 32.5. The summed E-state index contributed by atoms with van der Waals surface area (Å²) >= 11 is 1.91. The van der Waals surface area contributed by atoms with E-state index in [1.165, 1.54) is 60.0 Å². The van der Waals surface area contributed by atoms with E-state index < -0.39 is 0 Å². The number of nitriles is 2. The van der Waals surface area contributed by atoms with Crippen molar-refractivity contribution in [1.82, 2.24) is 9.13 Å². The van der Waals surface area contributed by atoms with E-state index in [1.807, 2.05) is 36.0 Å². The van der Waals surface area contributed by atoms with Crippen LogP contribution in [0.1, 0.15) is 74.2 Å². The summed E-state index contributed by atoms with van der Waals surface area (Å²) in [5.74, 6) is 2.27. The summed E-state index contributed by atoms with van der Waals surface area (Å²) in [7, 11) is 0. The number of thioether (sulfide) groups is 1. The minimum atomic E-state index is 0.325. The number of nitrogens with zero attached hydrogens (tertiary/aromatic N) is 4. The van der Waals surface area contributed by atoms with Gasteiger partial charge in [0, 0.05) is 74.1 Å². The highest BCUT2D eigenvalue weighted by molar-refractivity contribution is 8.03. The molecule has 1 aliphatic heterocycles. The van der Waals surface area contributed by atoms with Gasteiger partial charge in [-0.05, 0) is 114 Å². The Hall–Kier alpha value is -6.73. The molecule has 3 aromatic heterocycles. The Kier molecular flexibility index (Phi) is 7.06. The SMILES string of the molecule is N#Cc1cc(-c2cc(C#N)cc(-n3c4c(c5ccccc53)CCc3oc5c(c3-4)CC=CC=C5)c2)cc(-n2c3c(c4c2CC2C(=C4)Sc4ccccc42)C=CCC3)c1. The maximum atomic E-state index is 10.6. The first-order chi connectivity index (χ1) is 28.1. The molecule has 12 rings (SSSR count). The molecule has 6 heteroatoms. The van der Waals surface area contributed by atoms with Crippen molar-refractivity contribution in [2.45, 2.75) is 49.3 Å². The summed E-state index contributed by atoms with van der Waals surface area (Å²) in [6.07, 6.45) is 20.8. The van der Waals surface area contributed by atoms with Crippen LogP contribution in [0.25, 0.3) is 62.9 Å². The van der Waals surface area contributed by atoms with Crippen LogP contribution in [0.2, 0.25) is 0 Å². The Bertz CT molecular complexity index is 3140. The molecule has 0 amide bonds. The summed E-state index contributed by atoms with van der Waals surface area (Å²) in [6, 6.07) is 34.8. The molecule has 5 nitrogen and oxygen atoms in total. The third kappa shape index (κ3) is 4.81. The van der Waals surface area contributed by atoms with Gasteiger partial charge in [-0.15, -0.1) is 0 Å². The minimum absolute atomic E-state index is 0.325. The second-order valence-electron chi connectivity index (χ2n) is 15.6. The zero-order valence-electron chi connectivity index (χ0n) is 31.0. The fraction of sp³-hybridized carbons (Fsp3) is 0.137. The maximum Gasteiger partial charge on any atom is 0.131 e. The Labute approximate surface area is 334 Å². The van der Waals surface area contributed by atoms with Gasteiger partial charge in [-0.25, -0.2) is 0 Å². The standard InChI is InChI=1S/C51H34N4OS/c52-28-30-20-32(24-34(22-30)54-43-14-7-5-11-37(43)41-27-49-42(26-45(41)54)38-12-6-9-17-48(38)57-49)33-21-31(29-53)23-35(25-33)55-44-15-8-4-10-36(44)39-18-19-47-50(51(39)55)40-13-2-1-3-16-46(40)56-47/h1-6,8-12,15-17,20-25,27,42H,7,13-14,18-19,26H2. The lowest BCUT2D eigenvalue weighted by atomic mass is 9.87. The van der Waals surface area contributed by atoms with Crippen LogP contribution in [0, 0.1) is 22.7 Å². The van der Waals surface area contributed by atoms with E-state index in [9.17, 15) is 10.5 Å². The van der Waals surface area contributed by atoms with E-state index >= 15 is 0 Å². The van der Waals surface area contributed by atoms with E-state index in [4.69, 9.17) is 4.42 Å². The number of hydrogen-bond acceptors (Lipinski definition) is 4. The molecule has 0 saturated heterocycles. The molecule has 1 atom stereocenters. The van der Waals surface area contributed by atoms with Crippen molar-refractivity contribution in [3.05, 3.63) is 176 Å². The zero-order valence-corrected chi connectivity index (χ0v) is 31.9. The average Bonchev–Trinajstić information content (AvgIpc) is 3.95. The fourth-order valence-electron chi connectivity index (χ4n) is 10.1. The normalized spacial score (nSPS) is 16.7. The highest BCUT2D eigenvalue weighted by atomic mass is 32.2. The number of para-hydroxylation sites is 1. The quantitative estimate of drug-likeness (QED) is 0.180. The van der Waals surface area contributed by atoms with Crippen molar-refractivity contribution in [1.29, 1.82) is 10.5 Å². The number of furan rings is 1. The summed E-state index contributed by atoms with van der Waals surface area (Å²) in [4.78, 5) is 2.77. The zero-order chi connectivity index (χ0) is 37.8. The van der Waals surface area contributed by atoms with Gasteiger partial charge < -0.3 is 13.6 Å². The lowest BCUT2D eigenvalue weighted by molar-refractivity contribution is 0.498. The molecule has 4 aromatic carbocycles. The van der Waals surface area contributed by atoms with Crippen molar-refractivity contribution in [2.24, 2.45) is 0 Å². The number of aryl methyl sites for hydroxylation is 2. The van der Waals surface area contributed by atoms with Crippen LogP contribution < -0.4 is 0 Å². The number of aromatic nitrogens is 2. The lowest BCUT2D eigenvalue weighted by Gasteiger charge is -2.22. The molecule has 0 saturated carbocycles. The summed E-state index contributed by atoms with van der Waals surface area (Å²) in [6.45, 7) is 0. The Morgan fingerprint density at radius 3 is 2.35 bits per heavy atom. The first-order valence-corrected chi connectivity index (χ1v) is 20.6. The third-order valence-corrected chi connectivity index (χ3v) is 13.8. The monoisotopic (exact) mass is 750 g/mol. The molecule has 1 unspecified atom stereocenters. The predicted octanol–water partition coefficient (Wildman–Crippen LogP) is 12.1. The Morgan fingerprint density at radius 2 is 1.51 bits per heavy atom. The molecule has 0 radical (unpaired) electrons. The van der Waals surface area contributed by atoms with Crippen LogP contribution in [0.15, 0.2) is 123 Å². The van der Waals surface area contributed by atoms with Gasteiger partial charge in [0.25, 0.3) is 0 Å². The van der Waals surface area contributed by atoms with Gasteiger partial charge in [0.05, 0.1) is 34.5 Å². The molecule has 4 aliphatic carbocycles. The highest BCUT2D eigenvalue weighted by Gasteiger charge is 2.36. The molecule has 270 valence electrons. The van der Waals surface area contributed by atoms with E-state index in [2.05, 4.69) is 124 Å². The second kappa shape index (κ2) is 12.4. The topological polar surface area (TPSA) is 70.6 Å². The molecule has 0 bridgehead atoms. The Balaban J connectivity index is 1.05. The molecular weight excluding hydrogens is 717 g/mol. The van der Waals surface area contributed by atoms with Crippen LogP contribution in [-0.2, 0) is 32.1 Å². The fourth-order valence-corrected chi connectivity index (χ4v) is 11.4. The third-order valence-electron chi connectivity index (χ3n) is 12.5. The molecule has 4 heterocycles. The average molecular weight is 751 g/mol. The second-order valence-corrected chi connectivity index (χ2v) is 16.7. The molecule has 0 N–H and O–H groups in total. The van der Waals surface area contributed by atoms with Crippen LogP contribution in [0.5, 0.6) is 0 Å². The van der Waals surface area contributed by atoms with Gasteiger partial charge in [-0.2, -0.15) is 10.5 Å². The molecule has 7 aromatic rings. The lowest BCUT2D eigenvalue weighted by Crippen LogP contribution is -2.12. The van der Waals surface area contributed by atoms with Crippen molar-refractivity contribution < 1.29 is 4.42 Å². The van der Waals surface area contributed by atoms with Crippen LogP contribution in [0.3, 0.4) is 0 Å². The number of fused-ring (bicyclic) bond motifs is 13. The van der Waals surface area contributed by atoms with Crippen LogP contribution >= 0.6 is 11.8 Å². The van der Waals surface area contributed by atoms with E-state index in [-0.39, 0.29) is 0 Å². The molecule has 5 aliphatic rings. The number of hydrogen-bond donors (Lipinski definition) is 0. The van der Waals surface area contributed by atoms with Crippen LogP contribution in [-0.4, -0.2) is 9.13 Å². The predicted molar refractivity (Wildman–Crippen MR) is 229 cm³/mol. The van der Waals surface area contributed by atoms with E-state index in [0.29, 0.717) is 17.0 Å². The van der Waals surface area contributed by atoms with Crippen molar-refractivity contribution in [3.63, 3.8) is 0 Å². The van der Waals surface area contributed by atoms with Gasteiger partial charge >= 0.3 is 0 Å². The van der Waals surface area contributed by atoms with Gasteiger partial charge in [0.15, 0.2) is 0 Å². The largest absolute Gasteiger partial charge is 0.461 e. The van der Waals surface area contributed by atoms with Crippen molar-refractivity contribution in [3.8, 4) is 45.9 Å². The summed E-state index contributed by atoms with van der Waals surface area (Å²) in [5.41, 5.74) is 17.4. The van der Waals surface area contributed by atoms with Gasteiger partial charge in [0.2, 0.25) is 0 Å². The number of allylic oxidation sites excluding steroid dienone is 5. The van der Waals surface area contributed by atoms with Gasteiger partial charge in [0.1, 0.15) is 11.5 Å². The highest BCUT2D eigenvalue weighted by Crippen LogP contribution is 2.54. The molecular formula is C51H34N4OS. The van der Waals surface area contributed by atoms with Crippen molar-refractivity contribution in [2.75, 3.05) is 0 Å².